The van der Waals surface area contributed by atoms with Gasteiger partial charge in [0.25, 0.3) is 0 Å². The lowest BCUT2D eigenvalue weighted by atomic mass is 9.86. The zero-order valence-electron chi connectivity index (χ0n) is 12.8. The number of carbonyl (C=O) groups excluding carboxylic acids is 1. The first-order chi connectivity index (χ1) is 10.5. The van der Waals surface area contributed by atoms with Crippen LogP contribution in [0.3, 0.4) is 0 Å². The number of nitrogens with one attached hydrogen (secondary N) is 1. The first-order valence-electron chi connectivity index (χ1n) is 7.61. The van der Waals surface area contributed by atoms with Crippen LogP contribution in [0.15, 0.2) is 18.2 Å². The Morgan fingerprint density at radius 2 is 2.32 bits per heavy atom. The molecule has 0 aliphatic carbocycles. The Hall–Kier alpha value is -1.82. The number of benzene rings is 1. The van der Waals surface area contributed by atoms with Crippen molar-refractivity contribution >= 4 is 6.03 Å². The first-order valence-corrected chi connectivity index (χ1v) is 7.61. The van der Waals surface area contributed by atoms with Crippen molar-refractivity contribution in [3.8, 4) is 5.75 Å². The number of hydrogen-bond acceptors (Lipinski definition) is 3. The maximum absolute atomic E-state index is 13.6. The summed E-state index contributed by atoms with van der Waals surface area (Å²) in [5, 5.41) is 12.5. The largest absolute Gasteiger partial charge is 0.493 e. The number of urea groups is 1. The van der Waals surface area contributed by atoms with Crippen LogP contribution in [0.25, 0.3) is 0 Å². The van der Waals surface area contributed by atoms with Crippen LogP contribution in [0.1, 0.15) is 25.5 Å². The standard InChI is InChI=1S/C16H21FN2O3/c1-9(2)18-16(21)19-6-10(7-20)13-8-22-14-4-3-11(17)5-12(14)15(13)19/h3-5,9-10,13,15,20H,6-8H2,1-2H3,(H,18,21)/t10-,13-,15-/m0/s1. The van der Waals surface area contributed by atoms with Crippen molar-refractivity contribution in [2.75, 3.05) is 19.8 Å². The molecule has 2 aliphatic rings. The van der Waals surface area contributed by atoms with E-state index in [1.54, 1.807) is 11.0 Å². The summed E-state index contributed by atoms with van der Waals surface area (Å²) in [6.45, 7) is 4.66. The van der Waals surface area contributed by atoms with E-state index in [0.717, 1.165) is 0 Å². The summed E-state index contributed by atoms with van der Waals surface area (Å²) >= 11 is 0. The number of amides is 2. The number of likely N-dealkylation sites (tertiary alicyclic amines) is 1. The maximum Gasteiger partial charge on any atom is 0.318 e. The molecule has 1 aromatic rings. The SMILES string of the molecule is CC(C)NC(=O)N1C[C@@H](CO)[C@@H]2COc3ccc(F)cc3[C@@H]21. The van der Waals surface area contributed by atoms with Crippen LogP contribution in [-0.2, 0) is 0 Å². The van der Waals surface area contributed by atoms with Crippen molar-refractivity contribution in [1.29, 1.82) is 0 Å². The monoisotopic (exact) mass is 308 g/mol. The van der Waals surface area contributed by atoms with Crippen molar-refractivity contribution in [1.82, 2.24) is 10.2 Å². The molecule has 3 atom stereocenters. The van der Waals surface area contributed by atoms with Crippen molar-refractivity contribution in [2.45, 2.75) is 25.9 Å². The van der Waals surface area contributed by atoms with Crippen LogP contribution in [0.4, 0.5) is 9.18 Å². The smallest absolute Gasteiger partial charge is 0.318 e. The zero-order chi connectivity index (χ0) is 15.9. The van der Waals surface area contributed by atoms with Crippen LogP contribution < -0.4 is 10.1 Å². The Kier molecular flexibility index (Phi) is 3.95. The summed E-state index contributed by atoms with van der Waals surface area (Å²) < 4.78 is 19.3. The Balaban J connectivity index is 1.97. The maximum atomic E-state index is 13.6. The van der Waals surface area contributed by atoms with Gasteiger partial charge in [0.1, 0.15) is 11.6 Å². The fraction of sp³-hybridized carbons (Fsp3) is 0.562. The fourth-order valence-corrected chi connectivity index (χ4v) is 3.42. The molecule has 5 nitrogen and oxygen atoms in total. The summed E-state index contributed by atoms with van der Waals surface area (Å²) in [7, 11) is 0. The van der Waals surface area contributed by atoms with Crippen LogP contribution >= 0.6 is 0 Å². The van der Waals surface area contributed by atoms with Gasteiger partial charge in [-0.15, -0.1) is 0 Å². The molecular formula is C16H21FN2O3. The minimum atomic E-state index is -0.348. The molecule has 0 aromatic heterocycles. The van der Waals surface area contributed by atoms with E-state index >= 15 is 0 Å². The van der Waals surface area contributed by atoms with Crippen LogP contribution in [-0.4, -0.2) is 41.8 Å². The lowest BCUT2D eigenvalue weighted by Crippen LogP contribution is -2.44. The van der Waals surface area contributed by atoms with E-state index in [1.807, 2.05) is 13.8 Å². The van der Waals surface area contributed by atoms with Gasteiger partial charge < -0.3 is 20.1 Å². The predicted octanol–water partition coefficient (Wildman–Crippen LogP) is 1.92. The van der Waals surface area contributed by atoms with Crippen molar-refractivity contribution in [3.05, 3.63) is 29.6 Å². The molecule has 1 fully saturated rings. The van der Waals surface area contributed by atoms with Crippen molar-refractivity contribution in [2.24, 2.45) is 11.8 Å². The van der Waals surface area contributed by atoms with Gasteiger partial charge in [-0.1, -0.05) is 0 Å². The second kappa shape index (κ2) is 5.76. The Bertz CT molecular complexity index is 579. The third-order valence-corrected chi connectivity index (χ3v) is 4.41. The van der Waals surface area contributed by atoms with E-state index in [2.05, 4.69) is 5.32 Å². The molecule has 2 amide bonds. The highest BCUT2D eigenvalue weighted by Gasteiger charge is 2.48. The highest BCUT2D eigenvalue weighted by atomic mass is 19.1. The van der Waals surface area contributed by atoms with Crippen LogP contribution in [0.5, 0.6) is 5.75 Å². The normalized spacial score (nSPS) is 26.4. The summed E-state index contributed by atoms with van der Waals surface area (Å²) in [6, 6.07) is 3.98. The van der Waals surface area contributed by atoms with Crippen molar-refractivity contribution in [3.63, 3.8) is 0 Å². The molecule has 0 spiro atoms. The highest BCUT2D eigenvalue weighted by molar-refractivity contribution is 5.76. The number of nitrogens with zero attached hydrogens (tertiary/aromatic N) is 1. The van der Waals surface area contributed by atoms with Gasteiger partial charge in [-0.05, 0) is 32.0 Å². The molecule has 120 valence electrons. The molecule has 1 aromatic carbocycles. The first kappa shape index (κ1) is 15.1. The number of halogens is 1. The van der Waals surface area contributed by atoms with E-state index in [1.165, 1.54) is 12.1 Å². The summed E-state index contributed by atoms with van der Waals surface area (Å²) in [5.41, 5.74) is 0.686. The molecular weight excluding hydrogens is 287 g/mol. The second-order valence-electron chi connectivity index (χ2n) is 6.30. The number of fused-ring (bicyclic) bond motifs is 3. The third kappa shape index (κ3) is 2.52. The number of aliphatic hydroxyl groups excluding tert-OH is 1. The van der Waals surface area contributed by atoms with Gasteiger partial charge in [-0.3, -0.25) is 0 Å². The van der Waals surface area contributed by atoms with Crippen LogP contribution in [0.2, 0.25) is 0 Å². The van der Waals surface area contributed by atoms with Gasteiger partial charge in [0.2, 0.25) is 0 Å². The molecule has 2 aliphatic heterocycles. The average Bonchev–Trinajstić information content (AvgIpc) is 2.85. The molecule has 0 unspecified atom stereocenters. The van der Waals surface area contributed by atoms with Gasteiger partial charge in [0, 0.05) is 36.6 Å². The number of ether oxygens (including phenoxy) is 1. The predicted molar refractivity (Wildman–Crippen MR) is 79.1 cm³/mol. The highest BCUT2D eigenvalue weighted by Crippen LogP contribution is 2.47. The van der Waals surface area contributed by atoms with Gasteiger partial charge in [-0.25, -0.2) is 9.18 Å². The Morgan fingerprint density at radius 3 is 3.00 bits per heavy atom. The van der Waals surface area contributed by atoms with E-state index < -0.39 is 0 Å². The van der Waals surface area contributed by atoms with E-state index in [4.69, 9.17) is 4.74 Å². The molecule has 2 N–H and O–H groups in total. The molecule has 0 saturated carbocycles. The van der Waals surface area contributed by atoms with Gasteiger partial charge >= 0.3 is 6.03 Å². The molecule has 3 rings (SSSR count). The fourth-order valence-electron chi connectivity index (χ4n) is 3.42. The number of rotatable bonds is 2. The van der Waals surface area contributed by atoms with E-state index in [9.17, 15) is 14.3 Å². The average molecular weight is 308 g/mol. The Labute approximate surface area is 129 Å². The quantitative estimate of drug-likeness (QED) is 0.877. The molecule has 22 heavy (non-hydrogen) atoms. The minimum absolute atomic E-state index is 0.0133. The van der Waals surface area contributed by atoms with Gasteiger partial charge in [0.05, 0.1) is 12.6 Å². The molecule has 6 heteroatoms. The van der Waals surface area contributed by atoms with Gasteiger partial charge in [0.15, 0.2) is 0 Å². The van der Waals surface area contributed by atoms with E-state index in [-0.39, 0.29) is 42.4 Å². The summed E-state index contributed by atoms with van der Waals surface area (Å²) in [6.07, 6.45) is 0. The van der Waals surface area contributed by atoms with E-state index in [0.29, 0.717) is 24.5 Å². The molecule has 2 heterocycles. The third-order valence-electron chi connectivity index (χ3n) is 4.41. The number of carbonyl (C=O) groups is 1. The summed E-state index contributed by atoms with van der Waals surface area (Å²) in [4.78, 5) is 14.2. The lowest BCUT2D eigenvalue weighted by molar-refractivity contribution is 0.122. The molecule has 0 radical (unpaired) electrons. The topological polar surface area (TPSA) is 61.8 Å². The molecule has 1 saturated heterocycles. The number of hydrogen-bond donors (Lipinski definition) is 2. The lowest BCUT2D eigenvalue weighted by Gasteiger charge is -2.34. The minimum Gasteiger partial charge on any atom is -0.493 e. The zero-order valence-corrected chi connectivity index (χ0v) is 12.8. The second-order valence-corrected chi connectivity index (χ2v) is 6.30. The van der Waals surface area contributed by atoms with Gasteiger partial charge in [-0.2, -0.15) is 0 Å². The molecule has 0 bridgehead atoms. The van der Waals surface area contributed by atoms with Crippen molar-refractivity contribution < 1.29 is 19.0 Å². The van der Waals surface area contributed by atoms with Crippen LogP contribution in [0, 0.1) is 17.7 Å². The summed E-state index contributed by atoms with van der Waals surface area (Å²) in [5.74, 6) is 0.194. The Morgan fingerprint density at radius 1 is 1.55 bits per heavy atom. The number of aliphatic hydroxyl groups is 1.